The van der Waals surface area contributed by atoms with Crippen molar-refractivity contribution in [3.8, 4) is 0 Å². The molecule has 1 aromatic carbocycles. The maximum Gasteiger partial charge on any atom is 0.272 e. The summed E-state index contributed by atoms with van der Waals surface area (Å²) in [4.78, 5) is 15.0. The molecular weight excluding hydrogens is 268 g/mol. The standard InChI is InChI=1S/C15H20N4O2/c1-3-13(16)9-15-17-7-8-18(15)10-12-5-4-6-14(11(12)2)19(20)21/h4-8,13H,3,9-10,16H2,1-2H3. The normalized spacial score (nSPS) is 12.3. The predicted octanol–water partition coefficient (Wildman–Crippen LogP) is 2.43. The van der Waals surface area contributed by atoms with Gasteiger partial charge < -0.3 is 10.3 Å². The van der Waals surface area contributed by atoms with Gasteiger partial charge in [-0.1, -0.05) is 19.1 Å². The molecule has 0 saturated heterocycles. The Morgan fingerprint density at radius 2 is 2.24 bits per heavy atom. The summed E-state index contributed by atoms with van der Waals surface area (Å²) in [5.74, 6) is 0.912. The van der Waals surface area contributed by atoms with E-state index in [0.717, 1.165) is 17.8 Å². The summed E-state index contributed by atoms with van der Waals surface area (Å²) < 4.78 is 2.00. The highest BCUT2D eigenvalue weighted by atomic mass is 16.6. The second kappa shape index (κ2) is 6.49. The molecule has 2 rings (SSSR count). The number of hydrogen-bond donors (Lipinski definition) is 1. The van der Waals surface area contributed by atoms with Crippen LogP contribution in [0.2, 0.25) is 0 Å². The average molecular weight is 288 g/mol. The van der Waals surface area contributed by atoms with Crippen LogP contribution in [0, 0.1) is 17.0 Å². The summed E-state index contributed by atoms with van der Waals surface area (Å²) in [5.41, 5.74) is 7.75. The van der Waals surface area contributed by atoms with Crippen LogP contribution in [-0.4, -0.2) is 20.5 Å². The molecule has 0 radical (unpaired) electrons. The van der Waals surface area contributed by atoms with Crippen LogP contribution < -0.4 is 5.73 Å². The van der Waals surface area contributed by atoms with Gasteiger partial charge in [-0.25, -0.2) is 4.98 Å². The van der Waals surface area contributed by atoms with E-state index in [1.165, 1.54) is 6.07 Å². The Morgan fingerprint density at radius 1 is 1.48 bits per heavy atom. The molecular formula is C15H20N4O2. The van der Waals surface area contributed by atoms with E-state index in [1.807, 2.05) is 23.8 Å². The molecule has 1 heterocycles. The van der Waals surface area contributed by atoms with Crippen LogP contribution in [0.5, 0.6) is 0 Å². The van der Waals surface area contributed by atoms with Crippen molar-refractivity contribution in [2.24, 2.45) is 5.73 Å². The maximum absolute atomic E-state index is 11.0. The van der Waals surface area contributed by atoms with Crippen molar-refractivity contribution in [1.82, 2.24) is 9.55 Å². The van der Waals surface area contributed by atoms with Crippen LogP contribution in [0.25, 0.3) is 0 Å². The molecule has 112 valence electrons. The number of imidazole rings is 1. The number of nitro benzene ring substituents is 1. The fraction of sp³-hybridized carbons (Fsp3) is 0.400. The summed E-state index contributed by atoms with van der Waals surface area (Å²) in [7, 11) is 0. The number of nitrogens with zero attached hydrogens (tertiary/aromatic N) is 3. The Balaban J connectivity index is 2.25. The smallest absolute Gasteiger partial charge is 0.272 e. The van der Waals surface area contributed by atoms with Crippen LogP contribution in [0.15, 0.2) is 30.6 Å². The molecule has 1 atom stereocenters. The molecule has 1 unspecified atom stereocenters. The van der Waals surface area contributed by atoms with Crippen molar-refractivity contribution in [3.63, 3.8) is 0 Å². The summed E-state index contributed by atoms with van der Waals surface area (Å²) in [6.45, 7) is 4.39. The largest absolute Gasteiger partial charge is 0.330 e. The SMILES string of the molecule is CCC(N)Cc1nccn1Cc1cccc([N+](=O)[O-])c1C. The Morgan fingerprint density at radius 3 is 2.90 bits per heavy atom. The minimum Gasteiger partial charge on any atom is -0.330 e. The number of hydrogen-bond acceptors (Lipinski definition) is 4. The van der Waals surface area contributed by atoms with Crippen molar-refractivity contribution in [2.45, 2.75) is 39.3 Å². The lowest BCUT2D eigenvalue weighted by Gasteiger charge is -2.13. The lowest BCUT2D eigenvalue weighted by Crippen LogP contribution is -2.23. The average Bonchev–Trinajstić information content (AvgIpc) is 2.87. The van der Waals surface area contributed by atoms with Crippen molar-refractivity contribution in [3.05, 3.63) is 57.7 Å². The second-order valence-electron chi connectivity index (χ2n) is 5.16. The third-order valence-electron chi connectivity index (χ3n) is 3.73. The molecule has 0 aliphatic carbocycles. The highest BCUT2D eigenvalue weighted by molar-refractivity contribution is 5.44. The van der Waals surface area contributed by atoms with E-state index in [9.17, 15) is 10.1 Å². The van der Waals surface area contributed by atoms with E-state index in [2.05, 4.69) is 4.98 Å². The summed E-state index contributed by atoms with van der Waals surface area (Å²) in [6, 6.07) is 5.24. The fourth-order valence-corrected chi connectivity index (χ4v) is 2.28. The van der Waals surface area contributed by atoms with Gasteiger partial charge in [0.1, 0.15) is 5.82 Å². The van der Waals surface area contributed by atoms with Crippen LogP contribution in [0.3, 0.4) is 0 Å². The van der Waals surface area contributed by atoms with Crippen molar-refractivity contribution >= 4 is 5.69 Å². The third kappa shape index (κ3) is 3.46. The van der Waals surface area contributed by atoms with Gasteiger partial charge in [0.25, 0.3) is 5.69 Å². The molecule has 2 N–H and O–H groups in total. The number of nitro groups is 1. The second-order valence-corrected chi connectivity index (χ2v) is 5.16. The summed E-state index contributed by atoms with van der Waals surface area (Å²) in [5, 5.41) is 11.0. The van der Waals surface area contributed by atoms with Crippen LogP contribution in [-0.2, 0) is 13.0 Å². The minimum absolute atomic E-state index is 0.0809. The zero-order valence-electron chi connectivity index (χ0n) is 12.3. The van der Waals surface area contributed by atoms with E-state index in [-0.39, 0.29) is 16.7 Å². The highest BCUT2D eigenvalue weighted by Gasteiger charge is 2.14. The number of aromatic nitrogens is 2. The molecule has 1 aromatic heterocycles. The Labute approximate surface area is 123 Å². The van der Waals surface area contributed by atoms with E-state index >= 15 is 0 Å². The van der Waals surface area contributed by atoms with Gasteiger partial charge in [0.2, 0.25) is 0 Å². The molecule has 0 spiro atoms. The van der Waals surface area contributed by atoms with Crippen LogP contribution in [0.4, 0.5) is 5.69 Å². The van der Waals surface area contributed by atoms with Gasteiger partial charge in [-0.2, -0.15) is 0 Å². The topological polar surface area (TPSA) is 87.0 Å². The number of nitrogens with two attached hydrogens (primary N) is 1. The van der Waals surface area contributed by atoms with Gasteiger partial charge in [0, 0.05) is 43.0 Å². The van der Waals surface area contributed by atoms with E-state index < -0.39 is 0 Å². The molecule has 21 heavy (non-hydrogen) atoms. The van der Waals surface area contributed by atoms with Crippen molar-refractivity contribution in [2.75, 3.05) is 0 Å². The minimum atomic E-state index is -0.347. The van der Waals surface area contributed by atoms with Gasteiger partial charge in [0.05, 0.1) is 4.92 Å². The van der Waals surface area contributed by atoms with Gasteiger partial charge in [-0.15, -0.1) is 0 Å². The predicted molar refractivity (Wildman–Crippen MR) is 81.1 cm³/mol. The lowest BCUT2D eigenvalue weighted by molar-refractivity contribution is -0.385. The summed E-state index contributed by atoms with van der Waals surface area (Å²) >= 11 is 0. The molecule has 0 fully saturated rings. The van der Waals surface area contributed by atoms with Crippen LogP contribution >= 0.6 is 0 Å². The van der Waals surface area contributed by atoms with E-state index in [4.69, 9.17) is 5.73 Å². The van der Waals surface area contributed by atoms with E-state index in [1.54, 1.807) is 19.2 Å². The molecule has 0 aliphatic rings. The van der Waals surface area contributed by atoms with Gasteiger partial charge >= 0.3 is 0 Å². The first-order valence-corrected chi connectivity index (χ1v) is 7.01. The quantitative estimate of drug-likeness (QED) is 0.653. The van der Waals surface area contributed by atoms with Crippen molar-refractivity contribution in [1.29, 1.82) is 0 Å². The lowest BCUT2D eigenvalue weighted by atomic mass is 10.1. The number of benzene rings is 1. The first-order valence-electron chi connectivity index (χ1n) is 7.01. The first-order chi connectivity index (χ1) is 10.0. The Hall–Kier alpha value is -2.21. The zero-order valence-corrected chi connectivity index (χ0v) is 12.3. The molecule has 0 bridgehead atoms. The van der Waals surface area contributed by atoms with Crippen LogP contribution in [0.1, 0.15) is 30.3 Å². The van der Waals surface area contributed by atoms with Crippen molar-refractivity contribution < 1.29 is 4.92 Å². The molecule has 0 aliphatic heterocycles. The Kier molecular flexibility index (Phi) is 4.70. The van der Waals surface area contributed by atoms with Gasteiger partial charge in [-0.05, 0) is 18.9 Å². The highest BCUT2D eigenvalue weighted by Crippen LogP contribution is 2.22. The summed E-state index contributed by atoms with van der Waals surface area (Å²) in [6.07, 6.45) is 5.22. The molecule has 6 heteroatoms. The van der Waals surface area contributed by atoms with Gasteiger partial charge in [0.15, 0.2) is 0 Å². The fourth-order valence-electron chi connectivity index (χ4n) is 2.28. The van der Waals surface area contributed by atoms with Gasteiger partial charge in [-0.3, -0.25) is 10.1 Å². The zero-order chi connectivity index (χ0) is 15.4. The third-order valence-corrected chi connectivity index (χ3v) is 3.73. The molecule has 0 saturated carbocycles. The first kappa shape index (κ1) is 15.2. The molecule has 0 amide bonds. The molecule has 2 aromatic rings. The number of rotatable bonds is 6. The maximum atomic E-state index is 11.0. The Bertz CT molecular complexity index is 636. The van der Waals surface area contributed by atoms with E-state index in [0.29, 0.717) is 18.5 Å². The molecule has 6 nitrogen and oxygen atoms in total. The monoisotopic (exact) mass is 288 g/mol.